The molecule has 1 amide bonds. The molecule has 8 heteroatoms. The molecule has 1 heterocycles. The lowest BCUT2D eigenvalue weighted by Gasteiger charge is -2.16. The molecule has 2 aromatic carbocycles. The van der Waals surface area contributed by atoms with Crippen LogP contribution in [0, 0.1) is 13.8 Å². The first kappa shape index (κ1) is 21.3. The number of aryl methyl sites for hydroxylation is 2. The number of rotatable bonds is 9. The molecule has 0 aliphatic rings. The van der Waals surface area contributed by atoms with Crippen molar-refractivity contribution in [2.75, 3.05) is 30.9 Å². The van der Waals surface area contributed by atoms with E-state index < -0.39 is 5.25 Å². The second-order valence-corrected chi connectivity index (χ2v) is 8.90. The van der Waals surface area contributed by atoms with Crippen molar-refractivity contribution in [3.63, 3.8) is 0 Å². The van der Waals surface area contributed by atoms with Gasteiger partial charge in [0, 0.05) is 19.3 Å². The number of nitrogens with one attached hydrogen (secondary N) is 2. The van der Waals surface area contributed by atoms with Crippen molar-refractivity contribution < 1.29 is 9.53 Å². The quantitative estimate of drug-likeness (QED) is 0.380. The van der Waals surface area contributed by atoms with Crippen LogP contribution in [0.5, 0.6) is 0 Å². The summed E-state index contributed by atoms with van der Waals surface area (Å²) in [5, 5.41) is 14.9. The number of methoxy groups -OCH3 is 1. The number of hydrogen-bond acceptors (Lipinski definition) is 7. The molecule has 3 rings (SSSR count). The molecule has 0 saturated carbocycles. The normalized spacial score (nSPS) is 11.8. The van der Waals surface area contributed by atoms with Crippen molar-refractivity contribution in [1.82, 2.24) is 10.2 Å². The molecular formula is C21H24N4O2S2. The third-order valence-electron chi connectivity index (χ3n) is 4.04. The van der Waals surface area contributed by atoms with Crippen molar-refractivity contribution in [2.24, 2.45) is 0 Å². The highest BCUT2D eigenvalue weighted by molar-refractivity contribution is 8.02. The molecule has 0 aliphatic heterocycles. The average molecular weight is 429 g/mol. The Kier molecular flexibility index (Phi) is 7.62. The first-order chi connectivity index (χ1) is 14.0. The molecule has 0 aliphatic carbocycles. The van der Waals surface area contributed by atoms with Crippen molar-refractivity contribution in [2.45, 2.75) is 23.4 Å². The Morgan fingerprint density at radius 2 is 1.86 bits per heavy atom. The average Bonchev–Trinajstić information content (AvgIpc) is 3.13. The number of ether oxygens (including phenoxy) is 1. The molecule has 0 saturated heterocycles. The number of amides is 1. The van der Waals surface area contributed by atoms with Crippen molar-refractivity contribution in [1.29, 1.82) is 0 Å². The lowest BCUT2D eigenvalue weighted by molar-refractivity contribution is -0.115. The summed E-state index contributed by atoms with van der Waals surface area (Å²) in [5.41, 5.74) is 3.94. The van der Waals surface area contributed by atoms with E-state index >= 15 is 0 Å². The molecule has 1 aromatic heterocycles. The second kappa shape index (κ2) is 10.4. The summed E-state index contributed by atoms with van der Waals surface area (Å²) >= 11 is 2.83. The van der Waals surface area contributed by atoms with Gasteiger partial charge in [0.05, 0.1) is 6.61 Å². The number of benzene rings is 2. The van der Waals surface area contributed by atoms with Crippen LogP contribution < -0.4 is 10.6 Å². The molecule has 1 atom stereocenters. The summed E-state index contributed by atoms with van der Waals surface area (Å²) in [6.45, 7) is 5.29. The minimum Gasteiger partial charge on any atom is -0.383 e. The molecular weight excluding hydrogens is 404 g/mol. The zero-order chi connectivity index (χ0) is 20.6. The van der Waals surface area contributed by atoms with Crippen LogP contribution >= 0.6 is 23.1 Å². The maximum Gasteiger partial charge on any atom is 0.242 e. The number of anilines is 2. The SMILES string of the molecule is COCCNc1nnc(SC(C(=O)Nc2cc(C)cc(C)c2)c2ccccc2)s1. The Labute approximate surface area is 179 Å². The maximum absolute atomic E-state index is 13.2. The molecule has 0 radical (unpaired) electrons. The van der Waals surface area contributed by atoms with E-state index in [-0.39, 0.29) is 5.91 Å². The first-order valence-electron chi connectivity index (χ1n) is 9.22. The molecule has 3 aromatic rings. The van der Waals surface area contributed by atoms with Crippen molar-refractivity contribution >= 4 is 39.8 Å². The summed E-state index contributed by atoms with van der Waals surface area (Å²) in [4.78, 5) is 13.2. The van der Waals surface area contributed by atoms with E-state index in [1.165, 1.54) is 23.1 Å². The zero-order valence-corrected chi connectivity index (χ0v) is 18.3. The first-order valence-corrected chi connectivity index (χ1v) is 10.9. The van der Waals surface area contributed by atoms with Crippen LogP contribution in [0.2, 0.25) is 0 Å². The standard InChI is InChI=1S/C21H24N4O2S2/c1-14-11-15(2)13-17(12-14)23-19(26)18(16-7-5-4-6-8-16)28-21-25-24-20(29-21)22-9-10-27-3/h4-8,11-13,18H,9-10H2,1-3H3,(H,22,24)(H,23,26). The van der Waals surface area contributed by atoms with Crippen LogP contribution in [0.15, 0.2) is 52.9 Å². The van der Waals surface area contributed by atoms with Gasteiger partial charge in [-0.05, 0) is 42.7 Å². The van der Waals surface area contributed by atoms with Gasteiger partial charge in [-0.3, -0.25) is 4.79 Å². The van der Waals surface area contributed by atoms with Crippen molar-refractivity contribution in [3.8, 4) is 0 Å². The van der Waals surface area contributed by atoms with Crippen LogP contribution in [-0.2, 0) is 9.53 Å². The summed E-state index contributed by atoms with van der Waals surface area (Å²) in [7, 11) is 1.65. The van der Waals surface area contributed by atoms with Gasteiger partial charge in [-0.1, -0.05) is 59.5 Å². The van der Waals surface area contributed by atoms with Crippen LogP contribution in [0.4, 0.5) is 10.8 Å². The third-order valence-corrected chi connectivity index (χ3v) is 6.26. The summed E-state index contributed by atoms with van der Waals surface area (Å²) in [5.74, 6) is -0.0877. The molecule has 29 heavy (non-hydrogen) atoms. The highest BCUT2D eigenvalue weighted by Crippen LogP contribution is 2.38. The lowest BCUT2D eigenvalue weighted by Crippen LogP contribution is -2.19. The molecule has 0 fully saturated rings. The van der Waals surface area contributed by atoms with Crippen LogP contribution in [0.3, 0.4) is 0 Å². The fourth-order valence-corrected chi connectivity index (χ4v) is 4.81. The molecule has 2 N–H and O–H groups in total. The van der Waals surface area contributed by atoms with E-state index in [2.05, 4.69) is 26.9 Å². The van der Waals surface area contributed by atoms with Gasteiger partial charge in [0.1, 0.15) is 5.25 Å². The predicted octanol–water partition coefficient (Wildman–Crippen LogP) is 4.69. The smallest absolute Gasteiger partial charge is 0.242 e. The van der Waals surface area contributed by atoms with E-state index in [1.807, 2.05) is 56.3 Å². The summed E-state index contributed by atoms with van der Waals surface area (Å²) in [6, 6.07) is 15.7. The Balaban J connectivity index is 1.77. The van der Waals surface area contributed by atoms with Gasteiger partial charge in [0.25, 0.3) is 0 Å². The Hall–Kier alpha value is -2.42. The Morgan fingerprint density at radius 3 is 2.55 bits per heavy atom. The van der Waals surface area contributed by atoms with Gasteiger partial charge in [-0.25, -0.2) is 0 Å². The van der Waals surface area contributed by atoms with Crippen LogP contribution in [0.1, 0.15) is 21.9 Å². The van der Waals surface area contributed by atoms with Crippen LogP contribution in [0.25, 0.3) is 0 Å². The largest absolute Gasteiger partial charge is 0.383 e. The highest BCUT2D eigenvalue weighted by atomic mass is 32.2. The van der Waals surface area contributed by atoms with E-state index in [4.69, 9.17) is 4.74 Å². The van der Waals surface area contributed by atoms with E-state index in [1.54, 1.807) is 7.11 Å². The van der Waals surface area contributed by atoms with Crippen LogP contribution in [-0.4, -0.2) is 36.4 Å². The highest BCUT2D eigenvalue weighted by Gasteiger charge is 2.24. The van der Waals surface area contributed by atoms with Gasteiger partial charge < -0.3 is 15.4 Å². The van der Waals surface area contributed by atoms with Crippen molar-refractivity contribution in [3.05, 3.63) is 65.2 Å². The van der Waals surface area contributed by atoms with Gasteiger partial charge in [-0.2, -0.15) is 0 Å². The van der Waals surface area contributed by atoms with E-state index in [9.17, 15) is 4.79 Å². The molecule has 0 bridgehead atoms. The topological polar surface area (TPSA) is 76.1 Å². The van der Waals surface area contributed by atoms with Gasteiger partial charge in [0.2, 0.25) is 11.0 Å². The minimum absolute atomic E-state index is 0.0877. The molecule has 6 nitrogen and oxygen atoms in total. The predicted molar refractivity (Wildman–Crippen MR) is 120 cm³/mol. The molecule has 0 spiro atoms. The maximum atomic E-state index is 13.2. The number of nitrogens with zero attached hydrogens (tertiary/aromatic N) is 2. The lowest BCUT2D eigenvalue weighted by atomic mass is 10.1. The third kappa shape index (κ3) is 6.28. The van der Waals surface area contributed by atoms with E-state index in [0.29, 0.717) is 18.3 Å². The van der Waals surface area contributed by atoms with Gasteiger partial charge >= 0.3 is 0 Å². The summed E-state index contributed by atoms with van der Waals surface area (Å²) < 4.78 is 5.76. The number of thioether (sulfide) groups is 1. The Morgan fingerprint density at radius 1 is 1.14 bits per heavy atom. The Bertz CT molecular complexity index is 927. The monoisotopic (exact) mass is 428 g/mol. The number of hydrogen-bond donors (Lipinski definition) is 2. The second-order valence-electron chi connectivity index (χ2n) is 6.57. The molecule has 152 valence electrons. The van der Waals surface area contributed by atoms with Gasteiger partial charge in [-0.15, -0.1) is 10.2 Å². The fraction of sp³-hybridized carbons (Fsp3) is 0.286. The summed E-state index contributed by atoms with van der Waals surface area (Å²) in [6.07, 6.45) is 0. The minimum atomic E-state index is -0.434. The fourth-order valence-electron chi connectivity index (χ4n) is 2.85. The molecule has 1 unspecified atom stereocenters. The van der Waals surface area contributed by atoms with E-state index in [0.717, 1.165) is 26.7 Å². The number of aromatic nitrogens is 2. The number of carbonyl (C=O) groups is 1. The zero-order valence-electron chi connectivity index (χ0n) is 16.6. The van der Waals surface area contributed by atoms with Gasteiger partial charge in [0.15, 0.2) is 4.34 Å². The number of carbonyl (C=O) groups excluding carboxylic acids is 1.